The lowest BCUT2D eigenvalue weighted by molar-refractivity contribution is 0.0799. The van der Waals surface area contributed by atoms with Crippen molar-refractivity contribution in [2.75, 3.05) is 13.2 Å². The van der Waals surface area contributed by atoms with Crippen molar-refractivity contribution in [3.63, 3.8) is 0 Å². The number of nitrogens with one attached hydrogen (secondary N) is 1. The zero-order valence-corrected chi connectivity index (χ0v) is 13.5. The minimum Gasteiger partial charge on any atom is -0.377 e. The minimum atomic E-state index is -3.52. The molecule has 8 heteroatoms. The number of hydrogen-bond donors (Lipinski definition) is 2. The Morgan fingerprint density at radius 2 is 2.28 bits per heavy atom. The molecule has 0 amide bonds. The van der Waals surface area contributed by atoms with Gasteiger partial charge in [-0.3, -0.25) is 0 Å². The first-order valence-corrected chi connectivity index (χ1v) is 8.59. The Labute approximate surface area is 120 Å². The van der Waals surface area contributed by atoms with Gasteiger partial charge in [0.15, 0.2) is 0 Å². The van der Waals surface area contributed by atoms with Crippen molar-refractivity contribution in [3.05, 3.63) is 14.7 Å². The Hall–Kier alpha value is 0.01000. The number of hydrogen-bond acceptors (Lipinski definition) is 5. The molecular formula is C10H17BrN2O3S2. The molecule has 0 aliphatic heterocycles. The van der Waals surface area contributed by atoms with Gasteiger partial charge < -0.3 is 10.5 Å². The molecule has 0 aliphatic carbocycles. The van der Waals surface area contributed by atoms with Crippen LogP contribution in [0.4, 0.5) is 0 Å². The Kier molecular flexibility index (Phi) is 6.22. The van der Waals surface area contributed by atoms with E-state index in [1.807, 2.05) is 13.8 Å². The minimum absolute atomic E-state index is 0.156. The molecule has 0 fully saturated rings. The molecule has 0 saturated carbocycles. The van der Waals surface area contributed by atoms with Gasteiger partial charge in [-0.1, -0.05) is 0 Å². The first-order chi connectivity index (χ1) is 8.40. The molecule has 1 unspecified atom stereocenters. The van der Waals surface area contributed by atoms with Crippen LogP contribution >= 0.6 is 27.3 Å². The monoisotopic (exact) mass is 356 g/mol. The van der Waals surface area contributed by atoms with Crippen LogP contribution in [0.3, 0.4) is 0 Å². The van der Waals surface area contributed by atoms with Gasteiger partial charge in [-0.05, 0) is 35.8 Å². The third kappa shape index (κ3) is 4.29. The highest BCUT2D eigenvalue weighted by atomic mass is 79.9. The summed E-state index contributed by atoms with van der Waals surface area (Å²) < 4.78 is 32.5. The summed E-state index contributed by atoms with van der Waals surface area (Å²) in [6.07, 6.45) is -0.156. The van der Waals surface area contributed by atoms with E-state index >= 15 is 0 Å². The van der Waals surface area contributed by atoms with Gasteiger partial charge in [0.05, 0.1) is 9.89 Å². The van der Waals surface area contributed by atoms with Crippen LogP contribution in [-0.4, -0.2) is 27.7 Å². The molecule has 0 aromatic carbocycles. The van der Waals surface area contributed by atoms with Crippen molar-refractivity contribution in [2.45, 2.75) is 31.4 Å². The molecule has 18 heavy (non-hydrogen) atoms. The molecule has 1 heterocycles. The number of thiophene rings is 1. The third-order valence-electron chi connectivity index (χ3n) is 2.21. The smallest absolute Gasteiger partial charge is 0.242 e. The summed E-state index contributed by atoms with van der Waals surface area (Å²) in [7, 11) is -3.52. The normalized spacial score (nSPS) is 13.8. The van der Waals surface area contributed by atoms with Crippen LogP contribution in [0.25, 0.3) is 0 Å². The van der Waals surface area contributed by atoms with Crippen LogP contribution in [0.1, 0.15) is 18.7 Å². The maximum absolute atomic E-state index is 12.1. The molecule has 1 atom stereocenters. The topological polar surface area (TPSA) is 81.4 Å². The highest BCUT2D eigenvalue weighted by molar-refractivity contribution is 9.11. The molecule has 1 aromatic heterocycles. The van der Waals surface area contributed by atoms with E-state index in [9.17, 15) is 8.42 Å². The van der Waals surface area contributed by atoms with E-state index in [1.54, 1.807) is 6.07 Å². The Bertz CT molecular complexity index is 487. The molecule has 0 aliphatic rings. The lowest BCUT2D eigenvalue weighted by Crippen LogP contribution is -2.32. The van der Waals surface area contributed by atoms with E-state index < -0.39 is 10.0 Å². The Morgan fingerprint density at radius 3 is 2.78 bits per heavy atom. The summed E-state index contributed by atoms with van der Waals surface area (Å²) in [5.41, 5.74) is 5.49. The highest BCUT2D eigenvalue weighted by Gasteiger charge is 2.21. The van der Waals surface area contributed by atoms with Crippen LogP contribution in [0, 0.1) is 0 Å². The Balaban J connectivity index is 2.76. The highest BCUT2D eigenvalue weighted by Crippen LogP contribution is 2.31. The molecule has 1 rings (SSSR count). The second-order valence-corrected chi connectivity index (χ2v) is 7.86. The van der Waals surface area contributed by atoms with Crippen molar-refractivity contribution in [1.82, 2.24) is 4.72 Å². The average Bonchev–Trinajstić information content (AvgIpc) is 2.69. The van der Waals surface area contributed by atoms with E-state index in [4.69, 9.17) is 10.5 Å². The van der Waals surface area contributed by atoms with Gasteiger partial charge in [0, 0.05) is 24.6 Å². The fourth-order valence-corrected chi connectivity index (χ4v) is 5.00. The molecule has 3 N–H and O–H groups in total. The quantitative estimate of drug-likeness (QED) is 0.778. The van der Waals surface area contributed by atoms with Crippen LogP contribution in [-0.2, 0) is 21.3 Å². The maximum atomic E-state index is 12.1. The van der Waals surface area contributed by atoms with Crippen molar-refractivity contribution >= 4 is 37.3 Å². The fourth-order valence-electron chi connectivity index (χ4n) is 1.33. The van der Waals surface area contributed by atoms with Gasteiger partial charge in [-0.2, -0.15) is 0 Å². The predicted octanol–water partition coefficient (Wildman–Crippen LogP) is 1.67. The summed E-state index contributed by atoms with van der Waals surface area (Å²) in [6, 6.07) is 1.59. The van der Waals surface area contributed by atoms with E-state index in [2.05, 4.69) is 20.7 Å². The first-order valence-electron chi connectivity index (χ1n) is 5.50. The molecular weight excluding hydrogens is 340 g/mol. The molecule has 104 valence electrons. The van der Waals surface area contributed by atoms with Gasteiger partial charge >= 0.3 is 0 Å². The van der Waals surface area contributed by atoms with Crippen LogP contribution in [0.15, 0.2) is 14.7 Å². The third-order valence-corrected chi connectivity index (χ3v) is 5.91. The lowest BCUT2D eigenvalue weighted by Gasteiger charge is -2.12. The van der Waals surface area contributed by atoms with Crippen LogP contribution in [0.2, 0.25) is 0 Å². The number of sulfonamides is 1. The number of ether oxygens (including phenoxy) is 1. The van der Waals surface area contributed by atoms with Gasteiger partial charge in [0.1, 0.15) is 4.90 Å². The second-order valence-electron chi connectivity index (χ2n) is 3.67. The maximum Gasteiger partial charge on any atom is 0.242 e. The van der Waals surface area contributed by atoms with Crippen molar-refractivity contribution in [1.29, 1.82) is 0 Å². The summed E-state index contributed by atoms with van der Waals surface area (Å²) in [4.78, 5) is 1.05. The first kappa shape index (κ1) is 16.1. The lowest BCUT2D eigenvalue weighted by atomic mass is 10.4. The average molecular weight is 357 g/mol. The summed E-state index contributed by atoms with van der Waals surface area (Å²) in [6.45, 7) is 4.82. The standard InChI is InChI=1S/C10H17BrN2O3S2/c1-3-16-7(2)6-13-18(14,15)9-4-8(5-12)17-10(9)11/h4,7,13H,3,5-6,12H2,1-2H3. The Morgan fingerprint density at radius 1 is 1.61 bits per heavy atom. The SMILES string of the molecule is CCOC(C)CNS(=O)(=O)c1cc(CN)sc1Br. The van der Waals surface area contributed by atoms with E-state index in [0.29, 0.717) is 16.9 Å². The zero-order valence-electron chi connectivity index (χ0n) is 10.3. The van der Waals surface area contributed by atoms with Gasteiger partial charge in [0.2, 0.25) is 10.0 Å². The van der Waals surface area contributed by atoms with E-state index in [-0.39, 0.29) is 17.5 Å². The number of halogens is 1. The molecule has 1 aromatic rings. The molecule has 0 saturated heterocycles. The van der Waals surface area contributed by atoms with Crippen molar-refractivity contribution < 1.29 is 13.2 Å². The summed E-state index contributed by atoms with van der Waals surface area (Å²) >= 11 is 4.57. The molecule has 0 radical (unpaired) electrons. The molecule has 0 spiro atoms. The van der Waals surface area contributed by atoms with Crippen molar-refractivity contribution in [2.24, 2.45) is 5.73 Å². The van der Waals surface area contributed by atoms with E-state index in [0.717, 1.165) is 4.88 Å². The van der Waals surface area contributed by atoms with Gasteiger partial charge in [-0.15, -0.1) is 11.3 Å². The van der Waals surface area contributed by atoms with E-state index in [1.165, 1.54) is 11.3 Å². The van der Waals surface area contributed by atoms with Gasteiger partial charge in [0.25, 0.3) is 0 Å². The summed E-state index contributed by atoms with van der Waals surface area (Å²) in [5.74, 6) is 0. The molecule has 0 bridgehead atoms. The largest absolute Gasteiger partial charge is 0.377 e. The van der Waals surface area contributed by atoms with Gasteiger partial charge in [-0.25, -0.2) is 13.1 Å². The second kappa shape index (κ2) is 6.97. The van der Waals surface area contributed by atoms with Crippen LogP contribution in [0.5, 0.6) is 0 Å². The fraction of sp³-hybridized carbons (Fsp3) is 0.600. The van der Waals surface area contributed by atoms with Crippen molar-refractivity contribution in [3.8, 4) is 0 Å². The number of rotatable bonds is 7. The number of nitrogens with two attached hydrogens (primary N) is 1. The predicted molar refractivity (Wildman–Crippen MR) is 76.2 cm³/mol. The summed E-state index contributed by atoms with van der Waals surface area (Å²) in [5, 5.41) is 0. The zero-order chi connectivity index (χ0) is 13.8. The van der Waals surface area contributed by atoms with Crippen LogP contribution < -0.4 is 10.5 Å². The molecule has 5 nitrogen and oxygen atoms in total.